The molecule has 1 amide bonds. The highest BCUT2D eigenvalue weighted by Gasteiger charge is 2.13. The molecular formula is C21H22N4O2. The van der Waals surface area contributed by atoms with Gasteiger partial charge in [0.15, 0.2) is 0 Å². The van der Waals surface area contributed by atoms with Crippen molar-refractivity contribution in [3.63, 3.8) is 0 Å². The Balaban J connectivity index is 1.59. The highest BCUT2D eigenvalue weighted by Crippen LogP contribution is 2.21. The second kappa shape index (κ2) is 8.80. The average Bonchev–Trinajstić information content (AvgIpc) is 2.73. The van der Waals surface area contributed by atoms with Crippen molar-refractivity contribution in [1.82, 2.24) is 14.9 Å². The molecule has 1 aromatic carbocycles. The van der Waals surface area contributed by atoms with Gasteiger partial charge in [0.05, 0.1) is 19.0 Å². The van der Waals surface area contributed by atoms with Gasteiger partial charge in [-0.05, 0) is 48.4 Å². The molecule has 0 saturated carbocycles. The summed E-state index contributed by atoms with van der Waals surface area (Å²) >= 11 is 0. The first-order chi connectivity index (χ1) is 13.2. The summed E-state index contributed by atoms with van der Waals surface area (Å²) in [5.74, 6) is 0.674. The molecule has 2 aromatic heterocycles. The van der Waals surface area contributed by atoms with Gasteiger partial charge in [0.1, 0.15) is 11.4 Å². The molecule has 1 N–H and O–H groups in total. The number of likely N-dealkylation sites (N-methyl/N-ethyl adjacent to an activating group) is 1. The molecule has 0 unspecified atom stereocenters. The lowest BCUT2D eigenvalue weighted by molar-refractivity contribution is 0.0791. The molecule has 0 spiro atoms. The maximum absolute atomic E-state index is 12.5. The summed E-state index contributed by atoms with van der Waals surface area (Å²) in [7, 11) is 3.42. The van der Waals surface area contributed by atoms with Crippen molar-refractivity contribution >= 4 is 17.3 Å². The maximum atomic E-state index is 12.5. The van der Waals surface area contributed by atoms with Gasteiger partial charge < -0.3 is 15.0 Å². The van der Waals surface area contributed by atoms with E-state index in [0.717, 1.165) is 29.1 Å². The highest BCUT2D eigenvalue weighted by atomic mass is 16.5. The molecule has 138 valence electrons. The highest BCUT2D eigenvalue weighted by molar-refractivity contribution is 5.92. The Bertz CT molecular complexity index is 882. The van der Waals surface area contributed by atoms with Crippen molar-refractivity contribution in [2.45, 2.75) is 6.42 Å². The summed E-state index contributed by atoms with van der Waals surface area (Å²) in [5, 5.41) is 3.25. The van der Waals surface area contributed by atoms with Gasteiger partial charge in [-0.1, -0.05) is 6.07 Å². The Hall–Kier alpha value is -3.41. The number of carbonyl (C=O) groups is 1. The lowest BCUT2D eigenvalue weighted by atomic mass is 10.2. The van der Waals surface area contributed by atoms with Crippen LogP contribution < -0.4 is 10.1 Å². The number of hydrogen-bond acceptors (Lipinski definition) is 5. The Morgan fingerprint density at radius 1 is 1.11 bits per heavy atom. The van der Waals surface area contributed by atoms with Crippen LogP contribution in [0.4, 0.5) is 11.4 Å². The van der Waals surface area contributed by atoms with E-state index in [1.807, 2.05) is 42.5 Å². The van der Waals surface area contributed by atoms with Crippen molar-refractivity contribution in [3.8, 4) is 5.75 Å². The normalized spacial score (nSPS) is 10.3. The predicted molar refractivity (Wildman–Crippen MR) is 105 cm³/mol. The quantitative estimate of drug-likeness (QED) is 0.696. The van der Waals surface area contributed by atoms with E-state index < -0.39 is 0 Å². The minimum absolute atomic E-state index is 0.100. The van der Waals surface area contributed by atoms with Crippen LogP contribution in [0.2, 0.25) is 0 Å². The molecule has 3 rings (SSSR count). The Morgan fingerprint density at radius 2 is 1.93 bits per heavy atom. The first-order valence-corrected chi connectivity index (χ1v) is 8.67. The van der Waals surface area contributed by atoms with Crippen LogP contribution in [0, 0.1) is 0 Å². The first-order valence-electron chi connectivity index (χ1n) is 8.67. The molecule has 0 aliphatic carbocycles. The molecule has 3 aromatic rings. The first kappa shape index (κ1) is 18.4. The number of pyridine rings is 2. The lowest BCUT2D eigenvalue weighted by Gasteiger charge is -2.17. The third kappa shape index (κ3) is 5.04. The van der Waals surface area contributed by atoms with Gasteiger partial charge in [0.2, 0.25) is 0 Å². The third-order valence-corrected chi connectivity index (χ3v) is 4.17. The molecule has 0 saturated heterocycles. The van der Waals surface area contributed by atoms with Crippen LogP contribution in [-0.2, 0) is 6.42 Å². The number of aromatic nitrogens is 2. The number of benzene rings is 1. The van der Waals surface area contributed by atoms with Gasteiger partial charge in [-0.2, -0.15) is 0 Å². The Morgan fingerprint density at radius 3 is 2.63 bits per heavy atom. The molecule has 27 heavy (non-hydrogen) atoms. The van der Waals surface area contributed by atoms with Gasteiger partial charge >= 0.3 is 0 Å². The van der Waals surface area contributed by atoms with Crippen LogP contribution in [-0.4, -0.2) is 41.5 Å². The van der Waals surface area contributed by atoms with Crippen molar-refractivity contribution < 1.29 is 9.53 Å². The van der Waals surface area contributed by atoms with Crippen molar-refractivity contribution in [2.24, 2.45) is 0 Å². The van der Waals surface area contributed by atoms with E-state index >= 15 is 0 Å². The third-order valence-electron chi connectivity index (χ3n) is 4.17. The van der Waals surface area contributed by atoms with Crippen LogP contribution in [0.3, 0.4) is 0 Å². The molecule has 2 heterocycles. The van der Waals surface area contributed by atoms with Gasteiger partial charge in [-0.25, -0.2) is 4.98 Å². The number of ether oxygens (including phenoxy) is 1. The van der Waals surface area contributed by atoms with E-state index in [0.29, 0.717) is 12.2 Å². The minimum atomic E-state index is -0.100. The number of rotatable bonds is 7. The standard InChI is InChI=1S/C21H22N4O2/c1-25(13-10-16-8-11-22-12-9-16)21(26)20-7-6-18(15-23-20)24-17-4-3-5-19(14-17)27-2/h3-9,11-12,14-15,24H,10,13H2,1-2H3. The smallest absolute Gasteiger partial charge is 0.272 e. The van der Waals surface area contributed by atoms with Crippen LogP contribution >= 0.6 is 0 Å². The van der Waals surface area contributed by atoms with E-state index in [-0.39, 0.29) is 5.91 Å². The van der Waals surface area contributed by atoms with Gasteiger partial charge in [-0.3, -0.25) is 9.78 Å². The molecule has 0 fully saturated rings. The van der Waals surface area contributed by atoms with Crippen LogP contribution in [0.25, 0.3) is 0 Å². The summed E-state index contributed by atoms with van der Waals surface area (Å²) in [5.41, 5.74) is 3.27. The Labute approximate surface area is 158 Å². The second-order valence-corrected chi connectivity index (χ2v) is 6.12. The van der Waals surface area contributed by atoms with E-state index in [9.17, 15) is 4.79 Å². The summed E-state index contributed by atoms with van der Waals surface area (Å²) in [6.45, 7) is 0.619. The SMILES string of the molecule is COc1cccc(Nc2ccc(C(=O)N(C)CCc3ccncc3)nc2)c1. The zero-order valence-electron chi connectivity index (χ0n) is 15.4. The van der Waals surface area contributed by atoms with Gasteiger partial charge in [-0.15, -0.1) is 0 Å². The second-order valence-electron chi connectivity index (χ2n) is 6.12. The van der Waals surface area contributed by atoms with E-state index in [1.165, 1.54) is 0 Å². The number of nitrogens with zero attached hydrogens (tertiary/aromatic N) is 3. The topological polar surface area (TPSA) is 67.3 Å². The van der Waals surface area contributed by atoms with Gasteiger partial charge in [0, 0.05) is 37.7 Å². The molecule has 0 aliphatic heterocycles. The van der Waals surface area contributed by atoms with Crippen LogP contribution in [0.15, 0.2) is 67.1 Å². The van der Waals surface area contributed by atoms with E-state index in [1.54, 1.807) is 43.7 Å². The zero-order valence-corrected chi connectivity index (χ0v) is 15.4. The maximum Gasteiger partial charge on any atom is 0.272 e. The molecule has 0 bridgehead atoms. The van der Waals surface area contributed by atoms with Gasteiger partial charge in [0.25, 0.3) is 5.91 Å². The molecule has 6 nitrogen and oxygen atoms in total. The van der Waals surface area contributed by atoms with Crippen molar-refractivity contribution in [1.29, 1.82) is 0 Å². The molecular weight excluding hydrogens is 340 g/mol. The monoisotopic (exact) mass is 362 g/mol. The van der Waals surface area contributed by atoms with Crippen molar-refractivity contribution in [3.05, 3.63) is 78.4 Å². The molecule has 6 heteroatoms. The predicted octanol–water partition coefficient (Wildman–Crippen LogP) is 3.54. The Kier molecular flexibility index (Phi) is 5.99. The van der Waals surface area contributed by atoms with Crippen molar-refractivity contribution in [2.75, 3.05) is 26.0 Å². The number of methoxy groups -OCH3 is 1. The molecule has 0 radical (unpaired) electrons. The van der Waals surface area contributed by atoms with Crippen LogP contribution in [0.5, 0.6) is 5.75 Å². The fourth-order valence-electron chi connectivity index (χ4n) is 2.61. The largest absolute Gasteiger partial charge is 0.497 e. The number of hydrogen-bond donors (Lipinski definition) is 1. The number of anilines is 2. The zero-order chi connectivity index (χ0) is 19.1. The summed E-state index contributed by atoms with van der Waals surface area (Å²) in [6, 6.07) is 15.1. The summed E-state index contributed by atoms with van der Waals surface area (Å²) in [4.78, 5) is 22.5. The summed E-state index contributed by atoms with van der Waals surface area (Å²) in [6.07, 6.45) is 5.95. The fraction of sp³-hybridized carbons (Fsp3) is 0.190. The minimum Gasteiger partial charge on any atom is -0.497 e. The fourth-order valence-corrected chi connectivity index (χ4v) is 2.61. The van der Waals surface area contributed by atoms with E-state index in [4.69, 9.17) is 4.74 Å². The average molecular weight is 362 g/mol. The molecule has 0 atom stereocenters. The van der Waals surface area contributed by atoms with E-state index in [2.05, 4.69) is 15.3 Å². The number of carbonyl (C=O) groups excluding carboxylic acids is 1. The number of nitrogens with one attached hydrogen (secondary N) is 1. The summed E-state index contributed by atoms with van der Waals surface area (Å²) < 4.78 is 5.22. The molecule has 0 aliphatic rings. The number of amides is 1. The van der Waals surface area contributed by atoms with Crippen LogP contribution in [0.1, 0.15) is 16.1 Å². The lowest BCUT2D eigenvalue weighted by Crippen LogP contribution is -2.29.